The normalized spacial score (nSPS) is 13.2. The standard InChI is InChI=1S/C9H8F4N2O3/c10-6-4(8(17)18)1-2-14-7(6)15-3-5(16)9(11,12)13/h1-2,5,16H,3H2,(H,14,15)(H,17,18). The molecule has 3 N–H and O–H groups in total. The van der Waals surface area contributed by atoms with Gasteiger partial charge in [0.15, 0.2) is 17.7 Å². The summed E-state index contributed by atoms with van der Waals surface area (Å²) in [5, 5.41) is 19.1. The molecule has 1 unspecified atom stereocenters. The molecule has 0 saturated carbocycles. The van der Waals surface area contributed by atoms with E-state index in [0.29, 0.717) is 0 Å². The first-order chi connectivity index (χ1) is 8.23. The second-order valence-electron chi connectivity index (χ2n) is 3.26. The maximum Gasteiger partial charge on any atom is 0.416 e. The van der Waals surface area contributed by atoms with E-state index in [1.807, 2.05) is 5.32 Å². The molecule has 1 rings (SSSR count). The number of carboxylic acids is 1. The average molecular weight is 268 g/mol. The van der Waals surface area contributed by atoms with Gasteiger partial charge >= 0.3 is 12.1 Å². The Hall–Kier alpha value is -1.90. The number of hydrogen-bond acceptors (Lipinski definition) is 4. The van der Waals surface area contributed by atoms with Gasteiger partial charge in [0.25, 0.3) is 0 Å². The predicted molar refractivity (Wildman–Crippen MR) is 51.7 cm³/mol. The summed E-state index contributed by atoms with van der Waals surface area (Å²) in [5.74, 6) is -3.54. The van der Waals surface area contributed by atoms with Gasteiger partial charge in [-0.05, 0) is 6.07 Å². The molecule has 0 fully saturated rings. The second kappa shape index (κ2) is 5.17. The highest BCUT2D eigenvalue weighted by atomic mass is 19.4. The number of aromatic nitrogens is 1. The van der Waals surface area contributed by atoms with Gasteiger partial charge in [0.1, 0.15) is 5.56 Å². The number of aliphatic hydroxyl groups excluding tert-OH is 1. The van der Waals surface area contributed by atoms with Crippen LogP contribution in [0.1, 0.15) is 10.4 Å². The van der Waals surface area contributed by atoms with E-state index in [1.54, 1.807) is 0 Å². The summed E-state index contributed by atoms with van der Waals surface area (Å²) >= 11 is 0. The molecule has 0 bridgehead atoms. The molecular formula is C9H8F4N2O3. The van der Waals surface area contributed by atoms with Gasteiger partial charge in [0.05, 0.1) is 6.54 Å². The molecule has 0 amide bonds. The molecule has 100 valence electrons. The van der Waals surface area contributed by atoms with Gasteiger partial charge in [0.2, 0.25) is 0 Å². The topological polar surface area (TPSA) is 82.5 Å². The minimum atomic E-state index is -4.85. The van der Waals surface area contributed by atoms with Crippen molar-refractivity contribution in [3.8, 4) is 0 Å². The number of aromatic carboxylic acids is 1. The number of halogens is 4. The molecule has 1 aromatic rings. The van der Waals surface area contributed by atoms with Crippen LogP contribution >= 0.6 is 0 Å². The Morgan fingerprint density at radius 2 is 2.11 bits per heavy atom. The summed E-state index contributed by atoms with van der Waals surface area (Å²) in [6.07, 6.45) is -6.63. The maximum absolute atomic E-state index is 13.4. The van der Waals surface area contributed by atoms with Crippen LogP contribution < -0.4 is 5.32 Å². The van der Waals surface area contributed by atoms with Gasteiger partial charge in [-0.3, -0.25) is 0 Å². The highest BCUT2D eigenvalue weighted by Crippen LogP contribution is 2.21. The Morgan fingerprint density at radius 1 is 1.50 bits per heavy atom. The molecule has 1 heterocycles. The van der Waals surface area contributed by atoms with Gasteiger partial charge in [-0.2, -0.15) is 13.2 Å². The molecule has 9 heteroatoms. The Bertz CT molecular complexity index is 450. The monoisotopic (exact) mass is 268 g/mol. The molecule has 0 radical (unpaired) electrons. The molecule has 0 aliphatic heterocycles. The molecule has 0 aliphatic carbocycles. The van der Waals surface area contributed by atoms with Gasteiger partial charge < -0.3 is 15.5 Å². The number of nitrogens with one attached hydrogen (secondary N) is 1. The van der Waals surface area contributed by atoms with Gasteiger partial charge in [-0.25, -0.2) is 14.2 Å². The van der Waals surface area contributed by atoms with Crippen LogP contribution in [0.2, 0.25) is 0 Å². The van der Waals surface area contributed by atoms with Gasteiger partial charge in [-0.1, -0.05) is 0 Å². The van der Waals surface area contributed by atoms with Crippen LogP contribution in [0, 0.1) is 5.82 Å². The SMILES string of the molecule is O=C(O)c1ccnc(NCC(O)C(F)(F)F)c1F. The fourth-order valence-corrected chi connectivity index (χ4v) is 1.04. The molecule has 1 aromatic heterocycles. The highest BCUT2D eigenvalue weighted by molar-refractivity contribution is 5.88. The number of nitrogens with zero attached hydrogens (tertiary/aromatic N) is 1. The zero-order valence-corrected chi connectivity index (χ0v) is 8.70. The molecule has 0 saturated heterocycles. The van der Waals surface area contributed by atoms with Gasteiger partial charge in [-0.15, -0.1) is 0 Å². The van der Waals surface area contributed by atoms with E-state index < -0.39 is 42.0 Å². The van der Waals surface area contributed by atoms with Crippen molar-refractivity contribution in [1.29, 1.82) is 0 Å². The molecule has 5 nitrogen and oxygen atoms in total. The summed E-state index contributed by atoms with van der Waals surface area (Å²) in [4.78, 5) is 13.9. The summed E-state index contributed by atoms with van der Waals surface area (Å²) in [7, 11) is 0. The number of alkyl halides is 3. The first kappa shape index (κ1) is 14.2. The zero-order valence-electron chi connectivity index (χ0n) is 8.70. The van der Waals surface area contributed by atoms with Crippen LogP contribution in [0.4, 0.5) is 23.4 Å². The number of hydrogen-bond donors (Lipinski definition) is 3. The van der Waals surface area contributed by atoms with Crippen LogP contribution in [0.5, 0.6) is 0 Å². The maximum atomic E-state index is 13.4. The lowest BCUT2D eigenvalue weighted by Gasteiger charge is -2.15. The summed E-state index contributed by atoms with van der Waals surface area (Å²) < 4.78 is 49.3. The minimum absolute atomic E-state index is 0.668. The Morgan fingerprint density at radius 3 is 2.61 bits per heavy atom. The van der Waals surface area contributed by atoms with E-state index in [4.69, 9.17) is 10.2 Å². The van der Waals surface area contributed by atoms with Crippen molar-refractivity contribution < 1.29 is 32.6 Å². The lowest BCUT2D eigenvalue weighted by molar-refractivity contribution is -0.198. The van der Waals surface area contributed by atoms with Gasteiger partial charge in [0, 0.05) is 6.20 Å². The summed E-state index contributed by atoms with van der Waals surface area (Å²) in [5.41, 5.74) is -0.728. The number of carboxylic acid groups (broad SMARTS) is 1. The van der Waals surface area contributed by atoms with Crippen molar-refractivity contribution in [3.05, 3.63) is 23.6 Å². The van der Waals surface area contributed by atoms with Crippen molar-refractivity contribution in [2.45, 2.75) is 12.3 Å². The predicted octanol–water partition coefficient (Wildman–Crippen LogP) is 1.25. The van der Waals surface area contributed by atoms with Crippen LogP contribution in [0.25, 0.3) is 0 Å². The fourth-order valence-electron chi connectivity index (χ4n) is 1.04. The third-order valence-corrected chi connectivity index (χ3v) is 1.96. The van der Waals surface area contributed by atoms with E-state index >= 15 is 0 Å². The first-order valence-corrected chi connectivity index (χ1v) is 4.60. The van der Waals surface area contributed by atoms with Crippen molar-refractivity contribution in [1.82, 2.24) is 4.98 Å². The second-order valence-corrected chi connectivity index (χ2v) is 3.26. The summed E-state index contributed by atoms with van der Waals surface area (Å²) in [6, 6.07) is 0.864. The van der Waals surface area contributed by atoms with Crippen molar-refractivity contribution >= 4 is 11.8 Å². The lowest BCUT2D eigenvalue weighted by Crippen LogP contribution is -2.35. The molecular weight excluding hydrogens is 260 g/mol. The molecule has 0 spiro atoms. The number of rotatable bonds is 4. The lowest BCUT2D eigenvalue weighted by atomic mass is 10.2. The number of aliphatic hydroxyl groups is 1. The third kappa shape index (κ3) is 3.29. The Balaban J connectivity index is 2.81. The molecule has 0 aromatic carbocycles. The average Bonchev–Trinajstić information content (AvgIpc) is 2.25. The van der Waals surface area contributed by atoms with Crippen LogP contribution in [0.15, 0.2) is 12.3 Å². The molecule has 1 atom stereocenters. The minimum Gasteiger partial charge on any atom is -0.478 e. The molecule has 18 heavy (non-hydrogen) atoms. The Kier molecular flexibility index (Phi) is 4.07. The van der Waals surface area contributed by atoms with E-state index in [0.717, 1.165) is 12.3 Å². The number of carbonyl (C=O) groups is 1. The van der Waals surface area contributed by atoms with Crippen molar-refractivity contribution in [2.24, 2.45) is 0 Å². The van der Waals surface area contributed by atoms with Crippen molar-refractivity contribution in [2.75, 3.05) is 11.9 Å². The quantitative estimate of drug-likeness (QED) is 0.716. The largest absolute Gasteiger partial charge is 0.478 e. The first-order valence-electron chi connectivity index (χ1n) is 4.60. The fraction of sp³-hybridized carbons (Fsp3) is 0.333. The van der Waals surface area contributed by atoms with Crippen LogP contribution in [-0.2, 0) is 0 Å². The Labute approximate surface area is 98.1 Å². The van der Waals surface area contributed by atoms with E-state index in [9.17, 15) is 22.4 Å². The zero-order chi connectivity index (χ0) is 13.9. The van der Waals surface area contributed by atoms with Crippen LogP contribution in [-0.4, -0.2) is 40.0 Å². The molecule has 0 aliphatic rings. The highest BCUT2D eigenvalue weighted by Gasteiger charge is 2.38. The van der Waals surface area contributed by atoms with Crippen LogP contribution in [0.3, 0.4) is 0 Å². The van der Waals surface area contributed by atoms with E-state index in [-0.39, 0.29) is 0 Å². The van der Waals surface area contributed by atoms with E-state index in [2.05, 4.69) is 4.98 Å². The smallest absolute Gasteiger partial charge is 0.416 e. The number of pyridine rings is 1. The summed E-state index contributed by atoms with van der Waals surface area (Å²) in [6.45, 7) is -1.03. The van der Waals surface area contributed by atoms with Crippen molar-refractivity contribution in [3.63, 3.8) is 0 Å². The third-order valence-electron chi connectivity index (χ3n) is 1.96. The van der Waals surface area contributed by atoms with E-state index in [1.165, 1.54) is 0 Å². The number of anilines is 1.